The first kappa shape index (κ1) is 14.9. The van der Waals surface area contributed by atoms with Crippen LogP contribution in [0.2, 0.25) is 0 Å². The molecular weight excluding hydrogens is 244 g/mol. The largest absolute Gasteiger partial charge is 0.493 e. The van der Waals surface area contributed by atoms with Crippen molar-refractivity contribution in [1.29, 1.82) is 0 Å². The minimum absolute atomic E-state index is 0.431. The number of hydrogen-bond acceptors (Lipinski definition) is 3. The van der Waals surface area contributed by atoms with Crippen LogP contribution in [0.4, 0.5) is 0 Å². The van der Waals surface area contributed by atoms with Gasteiger partial charge in [0.05, 0.1) is 6.61 Å². The average molecular weight is 266 g/mol. The van der Waals surface area contributed by atoms with Gasteiger partial charge in [0.25, 0.3) is 0 Å². The molecular formula is C14H22N2OS. The highest BCUT2D eigenvalue weighted by molar-refractivity contribution is 7.80. The molecule has 0 saturated carbocycles. The second-order valence-electron chi connectivity index (χ2n) is 4.81. The van der Waals surface area contributed by atoms with E-state index in [1.807, 2.05) is 26.0 Å². The Balaban J connectivity index is 2.69. The molecule has 0 heterocycles. The van der Waals surface area contributed by atoms with Crippen LogP contribution in [0.25, 0.3) is 0 Å². The monoisotopic (exact) mass is 266 g/mol. The maximum atomic E-state index is 5.84. The number of benzene rings is 1. The second kappa shape index (κ2) is 6.71. The van der Waals surface area contributed by atoms with Crippen LogP contribution in [-0.4, -0.2) is 37.1 Å². The summed E-state index contributed by atoms with van der Waals surface area (Å²) in [6.07, 6.45) is 1.02. The molecule has 3 nitrogen and oxygen atoms in total. The lowest BCUT2D eigenvalue weighted by Crippen LogP contribution is -2.16. The van der Waals surface area contributed by atoms with Gasteiger partial charge >= 0.3 is 0 Å². The van der Waals surface area contributed by atoms with E-state index in [2.05, 4.69) is 19.0 Å². The van der Waals surface area contributed by atoms with Gasteiger partial charge in [-0.05, 0) is 57.6 Å². The summed E-state index contributed by atoms with van der Waals surface area (Å²) in [4.78, 5) is 2.58. The van der Waals surface area contributed by atoms with Crippen LogP contribution >= 0.6 is 12.2 Å². The summed E-state index contributed by atoms with van der Waals surface area (Å²) < 4.78 is 5.84. The molecule has 1 rings (SSSR count). The molecule has 0 fully saturated rings. The number of aryl methyl sites for hydroxylation is 2. The van der Waals surface area contributed by atoms with E-state index in [0.717, 1.165) is 42.0 Å². The van der Waals surface area contributed by atoms with E-state index in [4.69, 9.17) is 22.7 Å². The van der Waals surface area contributed by atoms with Crippen molar-refractivity contribution in [3.8, 4) is 5.75 Å². The molecule has 0 aromatic heterocycles. The van der Waals surface area contributed by atoms with Crippen LogP contribution in [0.3, 0.4) is 0 Å². The zero-order valence-corrected chi connectivity index (χ0v) is 12.4. The number of thiocarbonyl (C=S) groups is 1. The quantitative estimate of drug-likeness (QED) is 0.633. The lowest BCUT2D eigenvalue weighted by atomic mass is 10.1. The third-order valence-electron chi connectivity index (χ3n) is 2.74. The lowest BCUT2D eigenvalue weighted by Gasteiger charge is -2.15. The minimum atomic E-state index is 0.431. The van der Waals surface area contributed by atoms with Gasteiger partial charge in [-0.1, -0.05) is 12.2 Å². The predicted molar refractivity (Wildman–Crippen MR) is 80.5 cm³/mol. The van der Waals surface area contributed by atoms with Crippen LogP contribution in [0.5, 0.6) is 5.75 Å². The molecule has 2 N–H and O–H groups in total. The molecule has 0 saturated heterocycles. The summed E-state index contributed by atoms with van der Waals surface area (Å²) in [5.74, 6) is 0.953. The number of ether oxygens (including phenoxy) is 1. The number of hydrogen-bond donors (Lipinski definition) is 1. The van der Waals surface area contributed by atoms with Gasteiger partial charge in [0, 0.05) is 12.1 Å². The average Bonchev–Trinajstić information content (AvgIpc) is 2.26. The molecule has 0 amide bonds. The summed E-state index contributed by atoms with van der Waals surface area (Å²) in [7, 11) is 4.13. The van der Waals surface area contributed by atoms with Crippen LogP contribution in [0.1, 0.15) is 23.1 Å². The molecule has 4 heteroatoms. The molecule has 0 radical (unpaired) electrons. The van der Waals surface area contributed by atoms with Crippen molar-refractivity contribution in [1.82, 2.24) is 4.90 Å². The highest BCUT2D eigenvalue weighted by Gasteiger charge is 2.07. The van der Waals surface area contributed by atoms with Gasteiger partial charge < -0.3 is 15.4 Å². The molecule has 100 valence electrons. The van der Waals surface area contributed by atoms with Crippen molar-refractivity contribution < 1.29 is 4.74 Å². The Morgan fingerprint density at radius 2 is 1.83 bits per heavy atom. The first-order chi connectivity index (χ1) is 8.41. The van der Waals surface area contributed by atoms with E-state index in [1.165, 1.54) is 0 Å². The lowest BCUT2D eigenvalue weighted by molar-refractivity contribution is 0.279. The molecule has 0 aliphatic carbocycles. The zero-order chi connectivity index (χ0) is 13.7. The van der Waals surface area contributed by atoms with E-state index in [0.29, 0.717) is 4.99 Å². The summed E-state index contributed by atoms with van der Waals surface area (Å²) in [5, 5.41) is 0. The highest BCUT2D eigenvalue weighted by Crippen LogP contribution is 2.25. The SMILES string of the molecule is Cc1cc(C(N)=S)cc(C)c1OCCCN(C)C. The molecule has 0 bridgehead atoms. The molecule has 1 aromatic rings. The Kier molecular flexibility index (Phi) is 5.56. The smallest absolute Gasteiger partial charge is 0.125 e. The molecule has 1 aromatic carbocycles. The Morgan fingerprint density at radius 1 is 1.28 bits per heavy atom. The van der Waals surface area contributed by atoms with Crippen LogP contribution in [0, 0.1) is 13.8 Å². The highest BCUT2D eigenvalue weighted by atomic mass is 32.1. The van der Waals surface area contributed by atoms with Gasteiger partial charge in [-0.25, -0.2) is 0 Å². The molecule has 18 heavy (non-hydrogen) atoms. The van der Waals surface area contributed by atoms with Gasteiger partial charge in [0.15, 0.2) is 0 Å². The third kappa shape index (κ3) is 4.27. The molecule has 0 aliphatic heterocycles. The van der Waals surface area contributed by atoms with E-state index in [1.54, 1.807) is 0 Å². The normalized spacial score (nSPS) is 10.7. The standard InChI is InChI=1S/C14H22N2OS/c1-10-8-12(14(15)18)9-11(2)13(10)17-7-5-6-16(3)4/h8-9H,5-7H2,1-4H3,(H2,15,18). The van der Waals surface area contributed by atoms with Crippen molar-refractivity contribution >= 4 is 17.2 Å². The third-order valence-corrected chi connectivity index (χ3v) is 2.98. The van der Waals surface area contributed by atoms with Gasteiger partial charge in [0.1, 0.15) is 10.7 Å². The number of rotatable bonds is 6. The van der Waals surface area contributed by atoms with Crippen molar-refractivity contribution in [2.45, 2.75) is 20.3 Å². The first-order valence-electron chi connectivity index (χ1n) is 6.10. The molecule has 0 aliphatic rings. The summed E-state index contributed by atoms with van der Waals surface area (Å²) in [6.45, 7) is 5.81. The number of nitrogens with two attached hydrogens (primary N) is 1. The fourth-order valence-corrected chi connectivity index (χ4v) is 1.99. The van der Waals surface area contributed by atoms with Gasteiger partial charge in [-0.3, -0.25) is 0 Å². The first-order valence-corrected chi connectivity index (χ1v) is 6.51. The van der Waals surface area contributed by atoms with Crippen LogP contribution in [0.15, 0.2) is 12.1 Å². The Bertz CT molecular complexity index is 407. The van der Waals surface area contributed by atoms with Crippen LogP contribution < -0.4 is 10.5 Å². The van der Waals surface area contributed by atoms with E-state index >= 15 is 0 Å². The fourth-order valence-electron chi connectivity index (χ4n) is 1.88. The maximum absolute atomic E-state index is 5.84. The summed E-state index contributed by atoms with van der Waals surface area (Å²) in [5.41, 5.74) is 8.72. The Morgan fingerprint density at radius 3 is 2.28 bits per heavy atom. The van der Waals surface area contributed by atoms with Gasteiger partial charge in [-0.15, -0.1) is 0 Å². The minimum Gasteiger partial charge on any atom is -0.493 e. The van der Waals surface area contributed by atoms with E-state index < -0.39 is 0 Å². The van der Waals surface area contributed by atoms with E-state index in [9.17, 15) is 0 Å². The fraction of sp³-hybridized carbons (Fsp3) is 0.500. The van der Waals surface area contributed by atoms with E-state index in [-0.39, 0.29) is 0 Å². The molecule has 0 spiro atoms. The number of nitrogens with zero attached hydrogens (tertiary/aromatic N) is 1. The topological polar surface area (TPSA) is 38.5 Å². The second-order valence-corrected chi connectivity index (χ2v) is 5.25. The zero-order valence-electron chi connectivity index (χ0n) is 11.6. The Labute approximate surface area is 115 Å². The Hall–Kier alpha value is -1.13. The van der Waals surface area contributed by atoms with Crippen molar-refractivity contribution in [2.24, 2.45) is 5.73 Å². The van der Waals surface area contributed by atoms with Crippen molar-refractivity contribution in [3.05, 3.63) is 28.8 Å². The van der Waals surface area contributed by atoms with Crippen molar-refractivity contribution in [2.75, 3.05) is 27.2 Å². The summed E-state index contributed by atoms with van der Waals surface area (Å²) in [6, 6.07) is 3.97. The summed E-state index contributed by atoms with van der Waals surface area (Å²) >= 11 is 4.99. The molecule has 0 atom stereocenters. The van der Waals surface area contributed by atoms with Gasteiger partial charge in [0.2, 0.25) is 0 Å². The maximum Gasteiger partial charge on any atom is 0.125 e. The molecule has 0 unspecified atom stereocenters. The van der Waals surface area contributed by atoms with Gasteiger partial charge in [-0.2, -0.15) is 0 Å². The predicted octanol–water partition coefficient (Wildman–Crippen LogP) is 2.27. The van der Waals surface area contributed by atoms with Crippen LogP contribution in [-0.2, 0) is 0 Å². The van der Waals surface area contributed by atoms with Crippen molar-refractivity contribution in [3.63, 3.8) is 0 Å².